The first-order valence-corrected chi connectivity index (χ1v) is 4.98. The number of nitrogens with two attached hydrogens (primary N) is 1. The van der Waals surface area contributed by atoms with E-state index in [-0.39, 0.29) is 17.9 Å². The topological polar surface area (TPSA) is 55.6 Å². The van der Waals surface area contributed by atoms with Crippen molar-refractivity contribution in [1.29, 1.82) is 0 Å². The molecule has 1 atom stereocenters. The summed E-state index contributed by atoms with van der Waals surface area (Å²) in [6.07, 6.45) is 0. The van der Waals surface area contributed by atoms with Crippen molar-refractivity contribution >= 4 is 5.91 Å². The van der Waals surface area contributed by atoms with E-state index in [0.717, 1.165) is 13.1 Å². The van der Waals surface area contributed by atoms with Gasteiger partial charge in [0.25, 0.3) is 0 Å². The molecular weight excluding hydrogens is 180 g/mol. The van der Waals surface area contributed by atoms with Gasteiger partial charge in [-0.3, -0.25) is 4.79 Å². The van der Waals surface area contributed by atoms with Crippen LogP contribution in [0.3, 0.4) is 0 Å². The molecule has 4 nitrogen and oxygen atoms in total. The minimum atomic E-state index is 0.0386. The van der Waals surface area contributed by atoms with Crippen LogP contribution in [0.5, 0.6) is 0 Å². The Labute approximate surface area is 85.4 Å². The van der Waals surface area contributed by atoms with Crippen molar-refractivity contribution in [2.45, 2.75) is 13.8 Å². The maximum Gasteiger partial charge on any atom is 0.236 e. The van der Waals surface area contributed by atoms with Gasteiger partial charge in [0.05, 0.1) is 13.2 Å². The second-order valence-corrected chi connectivity index (χ2v) is 4.62. The summed E-state index contributed by atoms with van der Waals surface area (Å²) >= 11 is 0. The summed E-state index contributed by atoms with van der Waals surface area (Å²) in [5.74, 6) is 0.458. The zero-order valence-corrected chi connectivity index (χ0v) is 9.25. The van der Waals surface area contributed by atoms with Gasteiger partial charge in [0.2, 0.25) is 5.91 Å². The van der Waals surface area contributed by atoms with Crippen LogP contribution in [0.2, 0.25) is 0 Å². The minimum absolute atomic E-state index is 0.0386. The third-order valence-corrected chi connectivity index (χ3v) is 3.04. The van der Waals surface area contributed by atoms with Gasteiger partial charge >= 0.3 is 0 Å². The van der Waals surface area contributed by atoms with Crippen LogP contribution in [0.4, 0.5) is 0 Å². The smallest absolute Gasteiger partial charge is 0.236 e. The van der Waals surface area contributed by atoms with Crippen molar-refractivity contribution in [3.8, 4) is 0 Å². The molecule has 1 saturated heterocycles. The maximum absolute atomic E-state index is 11.4. The number of likely N-dealkylation sites (tertiary alicyclic amines) is 1. The fourth-order valence-electron chi connectivity index (χ4n) is 2.00. The molecule has 0 spiro atoms. The Hall–Kier alpha value is -0.610. The molecule has 82 valence electrons. The standard InChI is InChI=1S/C10H20N2O2/c1-10(2)7-12(9(13)4-11)5-8(10)6-14-3/h8H,4-7,11H2,1-3H3/t8-/m1/s1. The Morgan fingerprint density at radius 2 is 2.29 bits per heavy atom. The van der Waals surface area contributed by atoms with Crippen molar-refractivity contribution in [3.63, 3.8) is 0 Å². The maximum atomic E-state index is 11.4. The summed E-state index contributed by atoms with van der Waals surface area (Å²) in [7, 11) is 1.70. The zero-order valence-electron chi connectivity index (χ0n) is 9.25. The molecular formula is C10H20N2O2. The molecule has 0 unspecified atom stereocenters. The number of carbonyl (C=O) groups is 1. The molecule has 1 fully saturated rings. The minimum Gasteiger partial charge on any atom is -0.384 e. The highest BCUT2D eigenvalue weighted by molar-refractivity contribution is 5.78. The van der Waals surface area contributed by atoms with Gasteiger partial charge in [-0.15, -0.1) is 0 Å². The Morgan fingerprint density at radius 1 is 1.64 bits per heavy atom. The molecule has 1 amide bonds. The molecule has 0 aromatic carbocycles. The molecule has 0 aromatic heterocycles. The largest absolute Gasteiger partial charge is 0.384 e. The van der Waals surface area contributed by atoms with Gasteiger partial charge in [0.1, 0.15) is 0 Å². The summed E-state index contributed by atoms with van der Waals surface area (Å²) < 4.78 is 5.15. The Bertz CT molecular complexity index is 216. The summed E-state index contributed by atoms with van der Waals surface area (Å²) in [6, 6.07) is 0. The van der Waals surface area contributed by atoms with Crippen molar-refractivity contribution in [3.05, 3.63) is 0 Å². The van der Waals surface area contributed by atoms with Crippen LogP contribution in [0.15, 0.2) is 0 Å². The highest BCUT2D eigenvalue weighted by Crippen LogP contribution is 2.35. The molecule has 1 heterocycles. The summed E-state index contributed by atoms with van der Waals surface area (Å²) in [6.45, 7) is 6.71. The first-order chi connectivity index (χ1) is 6.51. The number of hydrogen-bond donors (Lipinski definition) is 1. The number of nitrogens with zero attached hydrogens (tertiary/aromatic N) is 1. The predicted molar refractivity (Wildman–Crippen MR) is 54.8 cm³/mol. The number of carbonyl (C=O) groups excluding carboxylic acids is 1. The lowest BCUT2D eigenvalue weighted by Crippen LogP contribution is -2.35. The average molecular weight is 200 g/mol. The first-order valence-electron chi connectivity index (χ1n) is 4.98. The molecule has 4 heteroatoms. The van der Waals surface area contributed by atoms with Crippen LogP contribution in [0.25, 0.3) is 0 Å². The van der Waals surface area contributed by atoms with E-state index in [1.165, 1.54) is 0 Å². The summed E-state index contributed by atoms with van der Waals surface area (Å²) in [5.41, 5.74) is 5.48. The van der Waals surface area contributed by atoms with Gasteiger partial charge in [-0.25, -0.2) is 0 Å². The van der Waals surface area contributed by atoms with E-state index < -0.39 is 0 Å². The molecule has 14 heavy (non-hydrogen) atoms. The van der Waals surface area contributed by atoms with Crippen LogP contribution >= 0.6 is 0 Å². The van der Waals surface area contributed by atoms with Crippen LogP contribution in [-0.2, 0) is 9.53 Å². The molecule has 0 saturated carbocycles. The molecule has 0 aromatic rings. The van der Waals surface area contributed by atoms with E-state index in [4.69, 9.17) is 10.5 Å². The highest BCUT2D eigenvalue weighted by atomic mass is 16.5. The molecule has 0 aliphatic carbocycles. The van der Waals surface area contributed by atoms with Crippen LogP contribution in [0.1, 0.15) is 13.8 Å². The number of amides is 1. The van der Waals surface area contributed by atoms with Crippen molar-refractivity contribution in [2.24, 2.45) is 17.1 Å². The third kappa shape index (κ3) is 2.25. The number of methoxy groups -OCH3 is 1. The van der Waals surface area contributed by atoms with E-state index in [1.54, 1.807) is 7.11 Å². The lowest BCUT2D eigenvalue weighted by atomic mass is 9.83. The highest BCUT2D eigenvalue weighted by Gasteiger charge is 2.40. The van der Waals surface area contributed by atoms with Gasteiger partial charge in [-0.2, -0.15) is 0 Å². The molecule has 0 radical (unpaired) electrons. The van der Waals surface area contributed by atoms with Crippen LogP contribution in [-0.4, -0.2) is 44.2 Å². The monoisotopic (exact) mass is 200 g/mol. The number of ether oxygens (including phenoxy) is 1. The van der Waals surface area contributed by atoms with E-state index in [2.05, 4.69) is 13.8 Å². The normalized spacial score (nSPS) is 25.4. The van der Waals surface area contributed by atoms with Crippen molar-refractivity contribution in [2.75, 3.05) is 33.4 Å². The fourth-order valence-corrected chi connectivity index (χ4v) is 2.00. The van der Waals surface area contributed by atoms with Gasteiger partial charge in [0, 0.05) is 26.1 Å². The molecule has 1 aliphatic rings. The molecule has 1 rings (SSSR count). The van der Waals surface area contributed by atoms with Crippen LogP contribution < -0.4 is 5.73 Å². The van der Waals surface area contributed by atoms with Crippen molar-refractivity contribution < 1.29 is 9.53 Å². The van der Waals surface area contributed by atoms with Gasteiger partial charge < -0.3 is 15.4 Å². The molecule has 0 bridgehead atoms. The Morgan fingerprint density at radius 3 is 2.79 bits per heavy atom. The van der Waals surface area contributed by atoms with Gasteiger partial charge in [-0.05, 0) is 5.41 Å². The quantitative estimate of drug-likeness (QED) is 0.701. The average Bonchev–Trinajstić information content (AvgIpc) is 2.42. The van der Waals surface area contributed by atoms with Crippen molar-refractivity contribution in [1.82, 2.24) is 4.90 Å². The molecule has 1 aliphatic heterocycles. The van der Waals surface area contributed by atoms with Gasteiger partial charge in [0.15, 0.2) is 0 Å². The second-order valence-electron chi connectivity index (χ2n) is 4.62. The van der Waals surface area contributed by atoms with E-state index in [9.17, 15) is 4.79 Å². The van der Waals surface area contributed by atoms with Crippen LogP contribution in [0, 0.1) is 11.3 Å². The SMILES string of the molecule is COC[C@H]1CN(C(=O)CN)CC1(C)C. The Kier molecular flexibility index (Phi) is 3.50. The second kappa shape index (κ2) is 4.28. The van der Waals surface area contributed by atoms with E-state index in [1.807, 2.05) is 4.90 Å². The third-order valence-electron chi connectivity index (χ3n) is 3.04. The fraction of sp³-hybridized carbons (Fsp3) is 0.900. The number of rotatable bonds is 3. The van der Waals surface area contributed by atoms with E-state index >= 15 is 0 Å². The Balaban J connectivity index is 2.61. The van der Waals surface area contributed by atoms with E-state index in [0.29, 0.717) is 12.5 Å². The first kappa shape index (κ1) is 11.5. The number of hydrogen-bond acceptors (Lipinski definition) is 3. The summed E-state index contributed by atoms with van der Waals surface area (Å²) in [5, 5.41) is 0. The lowest BCUT2D eigenvalue weighted by molar-refractivity contribution is -0.129. The van der Waals surface area contributed by atoms with Gasteiger partial charge in [-0.1, -0.05) is 13.8 Å². The summed E-state index contributed by atoms with van der Waals surface area (Å²) in [4.78, 5) is 13.2. The zero-order chi connectivity index (χ0) is 10.8. The molecule has 2 N–H and O–H groups in total. The lowest BCUT2D eigenvalue weighted by Gasteiger charge is -2.24. The predicted octanol–water partition coefficient (Wildman–Crippen LogP) is 0.0761.